The quantitative estimate of drug-likeness (QED) is 0.447. The number of rotatable bonds is 1. The molecule has 1 saturated heterocycles. The molecule has 0 atom stereocenters. The molecule has 1 fully saturated rings. The van der Waals surface area contributed by atoms with Gasteiger partial charge in [0, 0.05) is 18.3 Å². The standard InChI is InChI=1S/C15H18N2O3/c1-7(2)11-13(15(19)20-14(11)18)8(3)12-9(4)16-17(6)10(12)5/h1-6H3. The van der Waals surface area contributed by atoms with Gasteiger partial charge in [-0.15, -0.1) is 0 Å². The lowest BCUT2D eigenvalue weighted by Gasteiger charge is -2.06. The molecule has 1 aliphatic rings. The molecule has 5 heteroatoms. The molecular formula is C15H18N2O3. The van der Waals surface area contributed by atoms with Gasteiger partial charge in [0.15, 0.2) is 0 Å². The van der Waals surface area contributed by atoms with Gasteiger partial charge < -0.3 is 4.74 Å². The molecule has 0 spiro atoms. The second-order valence-corrected chi connectivity index (χ2v) is 5.22. The number of cyclic esters (lactones) is 2. The predicted molar refractivity (Wildman–Crippen MR) is 74.7 cm³/mol. The van der Waals surface area contributed by atoms with Crippen LogP contribution >= 0.6 is 0 Å². The molecule has 2 rings (SSSR count). The highest BCUT2D eigenvalue weighted by molar-refractivity contribution is 6.22. The van der Waals surface area contributed by atoms with Gasteiger partial charge in [-0.3, -0.25) is 4.68 Å². The number of hydrogen-bond acceptors (Lipinski definition) is 4. The number of carbonyl (C=O) groups excluding carboxylic acids is 2. The fraction of sp³-hybridized carbons (Fsp3) is 0.400. The summed E-state index contributed by atoms with van der Waals surface area (Å²) in [6, 6.07) is 0. The van der Waals surface area contributed by atoms with Crippen molar-refractivity contribution in [1.29, 1.82) is 0 Å². The Morgan fingerprint density at radius 2 is 1.60 bits per heavy atom. The summed E-state index contributed by atoms with van der Waals surface area (Å²) < 4.78 is 6.52. The fourth-order valence-electron chi connectivity index (χ4n) is 2.63. The van der Waals surface area contributed by atoms with E-state index >= 15 is 0 Å². The Bertz CT molecular complexity index is 686. The summed E-state index contributed by atoms with van der Waals surface area (Å²) in [4.78, 5) is 23.8. The highest BCUT2D eigenvalue weighted by atomic mass is 16.6. The van der Waals surface area contributed by atoms with Crippen LogP contribution in [-0.4, -0.2) is 21.7 Å². The van der Waals surface area contributed by atoms with Crippen molar-refractivity contribution in [3.8, 4) is 0 Å². The van der Waals surface area contributed by atoms with Crippen molar-refractivity contribution >= 4 is 17.5 Å². The molecule has 0 aliphatic carbocycles. The lowest BCUT2D eigenvalue weighted by atomic mass is 9.94. The monoisotopic (exact) mass is 274 g/mol. The maximum atomic E-state index is 12.0. The lowest BCUT2D eigenvalue weighted by molar-refractivity contribution is -0.149. The van der Waals surface area contributed by atoms with Crippen LogP contribution in [0, 0.1) is 13.8 Å². The lowest BCUT2D eigenvalue weighted by Crippen LogP contribution is -2.01. The Kier molecular flexibility index (Phi) is 3.38. The van der Waals surface area contributed by atoms with Crippen LogP contribution in [0.5, 0.6) is 0 Å². The summed E-state index contributed by atoms with van der Waals surface area (Å²) in [5.74, 6) is -1.14. The molecule has 20 heavy (non-hydrogen) atoms. The smallest absolute Gasteiger partial charge is 0.347 e. The molecule has 0 saturated carbocycles. The van der Waals surface area contributed by atoms with Gasteiger partial charge in [-0.25, -0.2) is 9.59 Å². The Morgan fingerprint density at radius 1 is 1.05 bits per heavy atom. The van der Waals surface area contributed by atoms with E-state index in [4.69, 9.17) is 4.74 Å². The number of ether oxygens (including phenoxy) is 1. The average Bonchev–Trinajstić information content (AvgIpc) is 2.76. The number of nitrogens with zero attached hydrogens (tertiary/aromatic N) is 2. The third kappa shape index (κ3) is 1.99. The molecule has 0 radical (unpaired) electrons. The van der Waals surface area contributed by atoms with Gasteiger partial charge in [-0.05, 0) is 40.2 Å². The van der Waals surface area contributed by atoms with E-state index in [0.29, 0.717) is 11.1 Å². The minimum absolute atomic E-state index is 0.356. The molecular weight excluding hydrogens is 256 g/mol. The van der Waals surface area contributed by atoms with Crippen LogP contribution in [-0.2, 0) is 21.4 Å². The van der Waals surface area contributed by atoms with E-state index in [-0.39, 0.29) is 0 Å². The fourth-order valence-corrected chi connectivity index (χ4v) is 2.63. The number of hydrogen-bond donors (Lipinski definition) is 0. The van der Waals surface area contributed by atoms with Crippen molar-refractivity contribution in [2.45, 2.75) is 34.6 Å². The first kappa shape index (κ1) is 14.2. The molecule has 5 nitrogen and oxygen atoms in total. The summed E-state index contributed by atoms with van der Waals surface area (Å²) in [5.41, 5.74) is 4.91. The molecule has 0 amide bonds. The van der Waals surface area contributed by atoms with Crippen LogP contribution in [0.2, 0.25) is 0 Å². The van der Waals surface area contributed by atoms with E-state index < -0.39 is 11.9 Å². The summed E-state index contributed by atoms with van der Waals surface area (Å²) in [6.07, 6.45) is 0. The van der Waals surface area contributed by atoms with Gasteiger partial charge in [0.1, 0.15) is 0 Å². The number of allylic oxidation sites excluding steroid dienone is 2. The number of aryl methyl sites for hydroxylation is 2. The molecule has 0 bridgehead atoms. The van der Waals surface area contributed by atoms with Crippen molar-refractivity contribution in [1.82, 2.24) is 9.78 Å². The Hall–Kier alpha value is -2.17. The summed E-state index contributed by atoms with van der Waals surface area (Å²) in [5, 5.41) is 4.35. The minimum Gasteiger partial charge on any atom is -0.386 e. The van der Waals surface area contributed by atoms with E-state index in [1.807, 2.05) is 27.8 Å². The maximum Gasteiger partial charge on any atom is 0.347 e. The van der Waals surface area contributed by atoms with Crippen molar-refractivity contribution in [3.63, 3.8) is 0 Å². The molecule has 0 N–H and O–H groups in total. The van der Waals surface area contributed by atoms with Gasteiger partial charge in [-0.1, -0.05) is 5.57 Å². The minimum atomic E-state index is -0.577. The highest BCUT2D eigenvalue weighted by Crippen LogP contribution is 2.34. The Morgan fingerprint density at radius 3 is 2.05 bits per heavy atom. The molecule has 1 aliphatic heterocycles. The highest BCUT2D eigenvalue weighted by Gasteiger charge is 2.36. The van der Waals surface area contributed by atoms with Gasteiger partial charge in [0.05, 0.1) is 16.8 Å². The zero-order valence-electron chi connectivity index (χ0n) is 12.6. The summed E-state index contributed by atoms with van der Waals surface area (Å²) >= 11 is 0. The summed E-state index contributed by atoms with van der Waals surface area (Å²) in [7, 11) is 1.85. The largest absolute Gasteiger partial charge is 0.386 e. The molecule has 2 heterocycles. The Balaban J connectivity index is 2.76. The third-order valence-corrected chi connectivity index (χ3v) is 3.60. The normalized spacial score (nSPS) is 17.6. The van der Waals surface area contributed by atoms with Crippen LogP contribution in [0.25, 0.3) is 5.57 Å². The van der Waals surface area contributed by atoms with E-state index in [0.717, 1.165) is 28.1 Å². The van der Waals surface area contributed by atoms with E-state index in [1.165, 1.54) is 0 Å². The zero-order chi connectivity index (χ0) is 15.2. The Labute approximate surface area is 117 Å². The van der Waals surface area contributed by atoms with Gasteiger partial charge in [0.2, 0.25) is 0 Å². The van der Waals surface area contributed by atoms with Crippen LogP contribution in [0.1, 0.15) is 37.7 Å². The predicted octanol–water partition coefficient (Wildman–Crippen LogP) is 2.23. The van der Waals surface area contributed by atoms with E-state index in [9.17, 15) is 9.59 Å². The van der Waals surface area contributed by atoms with Crippen LogP contribution in [0.15, 0.2) is 16.7 Å². The SMILES string of the molecule is CC(C)=C1C(=O)OC(=O)C1=C(C)c1c(C)nn(C)c1C. The first-order chi connectivity index (χ1) is 9.25. The van der Waals surface area contributed by atoms with Crippen molar-refractivity contribution in [2.24, 2.45) is 7.05 Å². The van der Waals surface area contributed by atoms with E-state index in [2.05, 4.69) is 5.10 Å². The zero-order valence-corrected chi connectivity index (χ0v) is 12.6. The van der Waals surface area contributed by atoms with Crippen LogP contribution < -0.4 is 0 Å². The van der Waals surface area contributed by atoms with Crippen molar-refractivity contribution in [2.75, 3.05) is 0 Å². The molecule has 0 unspecified atom stereocenters. The average molecular weight is 274 g/mol. The van der Waals surface area contributed by atoms with Crippen molar-refractivity contribution < 1.29 is 14.3 Å². The number of aromatic nitrogens is 2. The molecule has 1 aromatic heterocycles. The third-order valence-electron chi connectivity index (χ3n) is 3.60. The molecule has 1 aromatic rings. The number of esters is 2. The van der Waals surface area contributed by atoms with Gasteiger partial charge in [-0.2, -0.15) is 5.10 Å². The second kappa shape index (κ2) is 4.74. The first-order valence-corrected chi connectivity index (χ1v) is 6.41. The molecule has 106 valence electrons. The number of carbonyl (C=O) groups is 2. The van der Waals surface area contributed by atoms with Gasteiger partial charge >= 0.3 is 11.9 Å². The van der Waals surface area contributed by atoms with Crippen LogP contribution in [0.3, 0.4) is 0 Å². The second-order valence-electron chi connectivity index (χ2n) is 5.22. The van der Waals surface area contributed by atoms with Gasteiger partial charge in [0.25, 0.3) is 0 Å². The van der Waals surface area contributed by atoms with Crippen LogP contribution in [0.4, 0.5) is 0 Å². The molecule has 0 aromatic carbocycles. The first-order valence-electron chi connectivity index (χ1n) is 6.41. The topological polar surface area (TPSA) is 61.2 Å². The van der Waals surface area contributed by atoms with E-state index in [1.54, 1.807) is 18.5 Å². The maximum absolute atomic E-state index is 12.0. The summed E-state index contributed by atoms with van der Waals surface area (Å²) in [6.45, 7) is 9.24. The van der Waals surface area contributed by atoms with Crippen molar-refractivity contribution in [3.05, 3.63) is 33.7 Å².